The molecule has 0 aliphatic heterocycles. The van der Waals surface area contributed by atoms with Crippen molar-refractivity contribution in [3.63, 3.8) is 0 Å². The van der Waals surface area contributed by atoms with Crippen LogP contribution < -0.4 is 0 Å². The van der Waals surface area contributed by atoms with Crippen molar-refractivity contribution in [2.45, 2.75) is 27.7 Å². The fourth-order valence-electron chi connectivity index (χ4n) is 0. The Bertz CT molecular complexity index is 103. The monoisotopic (exact) mass is 144 g/mol. The Kier molecular flexibility index (Phi) is 6.01. The second-order valence-electron chi connectivity index (χ2n) is 3.54. The third kappa shape index (κ3) is 190. The molecule has 0 heterocycles. The van der Waals surface area contributed by atoms with E-state index in [9.17, 15) is 4.79 Å². The third-order valence-electron chi connectivity index (χ3n) is 0.175. The van der Waals surface area contributed by atoms with E-state index in [1.54, 1.807) is 0 Å². The third-order valence-corrected chi connectivity index (χ3v) is 0.175. The number of rotatable bonds is 1. The molecule has 0 atom stereocenters. The molecule has 0 aromatic heterocycles. The molecule has 0 fully saturated rings. The van der Waals surface area contributed by atoms with E-state index in [4.69, 9.17) is 5.11 Å². The zero-order chi connectivity index (χ0) is 8.78. The minimum Gasteiger partial charge on any atom is -0.478 e. The molecule has 0 rings (SSSR count). The Labute approximate surface area is 62.6 Å². The molecule has 0 aliphatic carbocycles. The maximum Gasteiger partial charge on any atom is 0.327 e. The van der Waals surface area contributed by atoms with Gasteiger partial charge in [0.1, 0.15) is 0 Å². The minimum absolute atomic E-state index is 0.500. The standard InChI is InChI=1S/C5H12.C3H4O2/c1-5(2,3)4;1-2-3(4)5/h1-4H3;2H,1H2,(H,4,5). The first-order chi connectivity index (χ1) is 4.27. The van der Waals surface area contributed by atoms with Crippen LogP contribution in [0.25, 0.3) is 0 Å². The van der Waals surface area contributed by atoms with Crippen molar-refractivity contribution in [2.75, 3.05) is 0 Å². The van der Waals surface area contributed by atoms with Crippen LogP contribution in [0.15, 0.2) is 12.7 Å². The van der Waals surface area contributed by atoms with Gasteiger partial charge in [-0.1, -0.05) is 34.3 Å². The fraction of sp³-hybridized carbons (Fsp3) is 0.625. The summed E-state index contributed by atoms with van der Waals surface area (Å²) in [5, 5.41) is 7.60. The lowest BCUT2D eigenvalue weighted by Gasteiger charge is -2.05. The second kappa shape index (κ2) is 5.03. The summed E-state index contributed by atoms with van der Waals surface area (Å²) in [6.45, 7) is 11.7. The molecule has 0 amide bonds. The Morgan fingerprint density at radius 1 is 1.40 bits per heavy atom. The van der Waals surface area contributed by atoms with Crippen LogP contribution in [0.5, 0.6) is 0 Å². The van der Waals surface area contributed by atoms with Crippen molar-refractivity contribution in [2.24, 2.45) is 5.41 Å². The summed E-state index contributed by atoms with van der Waals surface area (Å²) in [7, 11) is 0. The maximum absolute atomic E-state index is 9.25. The zero-order valence-electron chi connectivity index (χ0n) is 7.14. The summed E-state index contributed by atoms with van der Waals surface area (Å²) in [6, 6.07) is 0. The van der Waals surface area contributed by atoms with Gasteiger partial charge in [0, 0.05) is 6.08 Å². The van der Waals surface area contributed by atoms with E-state index < -0.39 is 5.97 Å². The van der Waals surface area contributed by atoms with Gasteiger partial charge in [-0.25, -0.2) is 4.79 Å². The second-order valence-corrected chi connectivity index (χ2v) is 3.54. The smallest absolute Gasteiger partial charge is 0.327 e. The average molecular weight is 144 g/mol. The molecule has 2 heteroatoms. The van der Waals surface area contributed by atoms with E-state index in [1.165, 1.54) is 0 Å². The highest BCUT2D eigenvalue weighted by molar-refractivity contribution is 5.78. The molecule has 0 aromatic carbocycles. The van der Waals surface area contributed by atoms with Gasteiger partial charge >= 0.3 is 5.97 Å². The van der Waals surface area contributed by atoms with Gasteiger partial charge in [0.05, 0.1) is 0 Å². The van der Waals surface area contributed by atoms with Gasteiger partial charge in [0.2, 0.25) is 0 Å². The van der Waals surface area contributed by atoms with Gasteiger partial charge in [-0.05, 0) is 5.41 Å². The van der Waals surface area contributed by atoms with Gasteiger partial charge in [0.25, 0.3) is 0 Å². The molecule has 0 spiro atoms. The van der Waals surface area contributed by atoms with Crippen LogP contribution in [0.1, 0.15) is 27.7 Å². The van der Waals surface area contributed by atoms with E-state index >= 15 is 0 Å². The SMILES string of the molecule is C=CC(=O)O.CC(C)(C)C. The topological polar surface area (TPSA) is 37.3 Å². The number of hydrogen-bond donors (Lipinski definition) is 1. The van der Waals surface area contributed by atoms with E-state index in [0.717, 1.165) is 6.08 Å². The Balaban J connectivity index is 0. The van der Waals surface area contributed by atoms with Crippen LogP contribution in [0.2, 0.25) is 0 Å². The van der Waals surface area contributed by atoms with Crippen LogP contribution >= 0.6 is 0 Å². The molecule has 0 saturated heterocycles. The summed E-state index contributed by atoms with van der Waals surface area (Å²) in [6.07, 6.45) is 0.833. The minimum atomic E-state index is -0.981. The summed E-state index contributed by atoms with van der Waals surface area (Å²) in [5.41, 5.74) is 0.500. The van der Waals surface area contributed by atoms with Gasteiger partial charge in [-0.3, -0.25) is 0 Å². The average Bonchev–Trinajstić information content (AvgIpc) is 1.61. The first-order valence-electron chi connectivity index (χ1n) is 3.12. The van der Waals surface area contributed by atoms with Crippen LogP contribution in [-0.2, 0) is 4.79 Å². The molecule has 60 valence electrons. The summed E-state index contributed by atoms with van der Waals surface area (Å²) < 4.78 is 0. The lowest BCUT2D eigenvalue weighted by molar-refractivity contribution is -0.131. The van der Waals surface area contributed by atoms with Gasteiger partial charge in [0.15, 0.2) is 0 Å². The predicted molar refractivity (Wildman–Crippen MR) is 43.0 cm³/mol. The maximum atomic E-state index is 9.25. The van der Waals surface area contributed by atoms with E-state index in [2.05, 4.69) is 34.3 Å². The number of carboxylic acids is 1. The van der Waals surface area contributed by atoms with Crippen LogP contribution in [-0.4, -0.2) is 11.1 Å². The number of carbonyl (C=O) groups is 1. The van der Waals surface area contributed by atoms with Crippen molar-refractivity contribution >= 4 is 5.97 Å². The number of aliphatic carboxylic acids is 1. The summed E-state index contributed by atoms with van der Waals surface area (Å²) >= 11 is 0. The lowest BCUT2D eigenvalue weighted by Crippen LogP contribution is -1.93. The molecule has 0 aliphatic rings. The molecule has 10 heavy (non-hydrogen) atoms. The van der Waals surface area contributed by atoms with Crippen LogP contribution in [0, 0.1) is 5.41 Å². The van der Waals surface area contributed by atoms with Gasteiger partial charge in [-0.15, -0.1) is 0 Å². The van der Waals surface area contributed by atoms with E-state index in [1.807, 2.05) is 0 Å². The van der Waals surface area contributed by atoms with Crippen molar-refractivity contribution in [1.82, 2.24) is 0 Å². The Morgan fingerprint density at radius 2 is 1.50 bits per heavy atom. The van der Waals surface area contributed by atoms with Crippen LogP contribution in [0.4, 0.5) is 0 Å². The highest BCUT2D eigenvalue weighted by atomic mass is 16.4. The zero-order valence-corrected chi connectivity index (χ0v) is 7.14. The molecule has 1 N–H and O–H groups in total. The Morgan fingerprint density at radius 3 is 1.50 bits per heavy atom. The first kappa shape index (κ1) is 11.9. The lowest BCUT2D eigenvalue weighted by atomic mass is 10.0. The van der Waals surface area contributed by atoms with Crippen LogP contribution in [0.3, 0.4) is 0 Å². The van der Waals surface area contributed by atoms with Crippen molar-refractivity contribution < 1.29 is 9.90 Å². The molecule has 2 nitrogen and oxygen atoms in total. The first-order valence-corrected chi connectivity index (χ1v) is 3.12. The number of hydrogen-bond acceptors (Lipinski definition) is 1. The molecule has 0 bridgehead atoms. The number of carboxylic acid groups (broad SMARTS) is 1. The van der Waals surface area contributed by atoms with Crippen molar-refractivity contribution in [3.05, 3.63) is 12.7 Å². The summed E-state index contributed by atoms with van der Waals surface area (Å²) in [4.78, 5) is 9.25. The quantitative estimate of drug-likeness (QED) is 0.573. The van der Waals surface area contributed by atoms with Crippen molar-refractivity contribution in [3.8, 4) is 0 Å². The largest absolute Gasteiger partial charge is 0.478 e. The van der Waals surface area contributed by atoms with Crippen molar-refractivity contribution in [1.29, 1.82) is 0 Å². The normalized spacial score (nSPS) is 9.20. The van der Waals surface area contributed by atoms with Gasteiger partial charge in [-0.2, -0.15) is 0 Å². The van der Waals surface area contributed by atoms with E-state index in [-0.39, 0.29) is 0 Å². The fourth-order valence-corrected chi connectivity index (χ4v) is 0. The molecule has 0 unspecified atom stereocenters. The van der Waals surface area contributed by atoms with Gasteiger partial charge < -0.3 is 5.11 Å². The molecule has 0 radical (unpaired) electrons. The summed E-state index contributed by atoms with van der Waals surface area (Å²) in [5.74, 6) is -0.981. The highest BCUT2D eigenvalue weighted by Gasteiger charge is 1.95. The predicted octanol–water partition coefficient (Wildman–Crippen LogP) is 2.31. The molecular formula is C8H16O2. The highest BCUT2D eigenvalue weighted by Crippen LogP contribution is 2.07. The molecule has 0 saturated carbocycles. The molecular weight excluding hydrogens is 128 g/mol. The van der Waals surface area contributed by atoms with E-state index in [0.29, 0.717) is 5.41 Å². The molecule has 0 aromatic rings. The Hall–Kier alpha value is -0.790.